The van der Waals surface area contributed by atoms with Crippen molar-refractivity contribution in [3.8, 4) is 0 Å². The second-order valence-electron chi connectivity index (χ2n) is 6.50. The van der Waals surface area contributed by atoms with Gasteiger partial charge in [0.1, 0.15) is 0 Å². The molecule has 0 atom stereocenters. The van der Waals surface area contributed by atoms with Crippen LogP contribution in [0.2, 0.25) is 0 Å². The molecule has 1 aromatic heterocycles. The molecule has 0 unspecified atom stereocenters. The number of non-ortho nitro benzene ring substituents is 1. The average Bonchev–Trinajstić information content (AvgIpc) is 2.97. The number of nitro benzene ring substituents is 1. The van der Waals surface area contributed by atoms with Crippen LogP contribution in [0.3, 0.4) is 0 Å². The monoisotopic (exact) mass is 396 g/mol. The number of nitrogens with one attached hydrogen (secondary N) is 1. The molecule has 144 valence electrons. The summed E-state index contributed by atoms with van der Waals surface area (Å²) in [5.41, 5.74) is 4.55. The molecule has 2 aromatic carbocycles. The quantitative estimate of drug-likeness (QED) is 0.522. The Bertz CT molecular complexity index is 1100. The zero-order valence-electron chi connectivity index (χ0n) is 15.8. The van der Waals surface area contributed by atoms with Gasteiger partial charge in [-0.1, -0.05) is 17.7 Å². The molecule has 0 saturated heterocycles. The molecule has 1 N–H and O–H groups in total. The predicted octanol–water partition coefficient (Wildman–Crippen LogP) is 4.03. The summed E-state index contributed by atoms with van der Waals surface area (Å²) in [5, 5.41) is 15.4. The molecule has 0 fully saturated rings. The van der Waals surface area contributed by atoms with E-state index >= 15 is 0 Å². The minimum absolute atomic E-state index is 0.0140. The molecule has 1 heterocycles. The largest absolute Gasteiger partial charge is 0.326 e. The lowest BCUT2D eigenvalue weighted by Crippen LogP contribution is -2.19. The second-order valence-corrected chi connectivity index (χ2v) is 7.34. The topological polar surface area (TPSA) is 89.5 Å². The number of nitro groups is 1. The summed E-state index contributed by atoms with van der Waals surface area (Å²) >= 11 is 1.48. The van der Waals surface area contributed by atoms with E-state index in [1.165, 1.54) is 41.2 Å². The number of thiazole rings is 1. The van der Waals surface area contributed by atoms with Crippen molar-refractivity contribution in [2.24, 2.45) is 12.0 Å². The molecule has 8 heteroatoms. The van der Waals surface area contributed by atoms with Crippen LogP contribution in [0.1, 0.15) is 16.8 Å². The number of rotatable bonds is 5. The lowest BCUT2D eigenvalue weighted by molar-refractivity contribution is -0.384. The molecule has 0 bridgehead atoms. The molecular formula is C20H20N4O3S. The van der Waals surface area contributed by atoms with Gasteiger partial charge in [-0.05, 0) is 37.6 Å². The van der Waals surface area contributed by atoms with E-state index in [4.69, 9.17) is 4.99 Å². The third kappa shape index (κ3) is 4.52. The number of aromatic nitrogens is 1. The molecular weight excluding hydrogens is 376 g/mol. The summed E-state index contributed by atoms with van der Waals surface area (Å²) in [4.78, 5) is 28.1. The van der Waals surface area contributed by atoms with Gasteiger partial charge in [0, 0.05) is 35.9 Å². The maximum Gasteiger partial charge on any atom is 0.269 e. The third-order valence-corrected chi connectivity index (χ3v) is 5.26. The van der Waals surface area contributed by atoms with Crippen molar-refractivity contribution in [3.05, 3.63) is 79.6 Å². The summed E-state index contributed by atoms with van der Waals surface area (Å²) in [6.45, 7) is 4.07. The Morgan fingerprint density at radius 1 is 1.21 bits per heavy atom. The SMILES string of the molecule is Cc1ccc(N=c2scc(CC(=O)Nc3ccc([N+](=O)[O-])cc3)n2C)c(C)c1. The zero-order chi connectivity index (χ0) is 20.3. The van der Waals surface area contributed by atoms with E-state index < -0.39 is 4.92 Å². The van der Waals surface area contributed by atoms with E-state index in [2.05, 4.69) is 11.4 Å². The normalized spacial score (nSPS) is 11.5. The standard InChI is InChI=1S/C20H20N4O3S/c1-13-4-9-18(14(2)10-13)22-20-23(3)17(12-28-20)11-19(25)21-15-5-7-16(8-6-15)24(26)27/h4-10,12H,11H2,1-3H3,(H,21,25). The Labute approximate surface area is 166 Å². The smallest absolute Gasteiger partial charge is 0.269 e. The van der Waals surface area contributed by atoms with Crippen molar-refractivity contribution < 1.29 is 9.72 Å². The van der Waals surface area contributed by atoms with E-state index in [-0.39, 0.29) is 18.0 Å². The molecule has 0 radical (unpaired) electrons. The summed E-state index contributed by atoms with van der Waals surface area (Å²) in [7, 11) is 1.88. The number of amides is 1. The minimum Gasteiger partial charge on any atom is -0.326 e. The van der Waals surface area contributed by atoms with Crippen LogP contribution in [0.15, 0.2) is 52.8 Å². The van der Waals surface area contributed by atoms with Gasteiger partial charge < -0.3 is 9.88 Å². The maximum atomic E-state index is 12.3. The van der Waals surface area contributed by atoms with Crippen LogP contribution in [-0.4, -0.2) is 15.4 Å². The van der Waals surface area contributed by atoms with Crippen molar-refractivity contribution in [2.75, 3.05) is 5.32 Å². The van der Waals surface area contributed by atoms with Crippen LogP contribution < -0.4 is 10.1 Å². The van der Waals surface area contributed by atoms with Crippen LogP contribution in [0.4, 0.5) is 17.1 Å². The predicted molar refractivity (Wildman–Crippen MR) is 110 cm³/mol. The van der Waals surface area contributed by atoms with Gasteiger partial charge in [-0.25, -0.2) is 4.99 Å². The number of nitrogens with zero attached hydrogens (tertiary/aromatic N) is 3. The maximum absolute atomic E-state index is 12.3. The molecule has 0 aliphatic carbocycles. The minimum atomic E-state index is -0.474. The first-order chi connectivity index (χ1) is 13.3. The Morgan fingerprint density at radius 2 is 1.93 bits per heavy atom. The highest BCUT2D eigenvalue weighted by atomic mass is 32.1. The van der Waals surface area contributed by atoms with Crippen LogP contribution in [0.5, 0.6) is 0 Å². The summed E-state index contributed by atoms with van der Waals surface area (Å²) in [6.07, 6.45) is 0.187. The van der Waals surface area contributed by atoms with Crippen molar-refractivity contribution in [3.63, 3.8) is 0 Å². The first kappa shape index (κ1) is 19.5. The third-order valence-electron chi connectivity index (χ3n) is 4.29. The van der Waals surface area contributed by atoms with Crippen molar-refractivity contribution in [1.82, 2.24) is 4.57 Å². The summed E-state index contributed by atoms with van der Waals surface area (Å²) in [6, 6.07) is 11.9. The summed E-state index contributed by atoms with van der Waals surface area (Å²) < 4.78 is 1.90. The van der Waals surface area contributed by atoms with Gasteiger partial charge in [-0.3, -0.25) is 14.9 Å². The molecule has 3 rings (SSSR count). The number of anilines is 1. The number of hydrogen-bond donors (Lipinski definition) is 1. The highest BCUT2D eigenvalue weighted by molar-refractivity contribution is 7.07. The van der Waals surface area contributed by atoms with E-state index in [9.17, 15) is 14.9 Å². The molecule has 0 saturated carbocycles. The fraction of sp³-hybridized carbons (Fsp3) is 0.200. The van der Waals surface area contributed by atoms with Crippen LogP contribution in [0.25, 0.3) is 0 Å². The molecule has 3 aromatic rings. The number of carbonyl (C=O) groups is 1. The van der Waals surface area contributed by atoms with Crippen LogP contribution in [0, 0.1) is 24.0 Å². The number of carbonyl (C=O) groups excluding carboxylic acids is 1. The molecule has 0 aliphatic heterocycles. The van der Waals surface area contributed by atoms with Gasteiger partial charge in [-0.2, -0.15) is 0 Å². The van der Waals surface area contributed by atoms with E-state index in [0.717, 1.165) is 21.7 Å². The van der Waals surface area contributed by atoms with Crippen molar-refractivity contribution in [1.29, 1.82) is 0 Å². The fourth-order valence-electron chi connectivity index (χ4n) is 2.73. The van der Waals surface area contributed by atoms with Crippen LogP contribution in [-0.2, 0) is 18.3 Å². The Balaban J connectivity index is 1.74. The van der Waals surface area contributed by atoms with E-state index in [0.29, 0.717) is 5.69 Å². The Hall–Kier alpha value is -3.26. The molecule has 0 aliphatic rings. The average molecular weight is 396 g/mol. The fourth-order valence-corrected chi connectivity index (χ4v) is 3.64. The van der Waals surface area contributed by atoms with E-state index in [1.54, 1.807) is 0 Å². The highest BCUT2D eigenvalue weighted by Crippen LogP contribution is 2.19. The first-order valence-electron chi connectivity index (χ1n) is 8.63. The lowest BCUT2D eigenvalue weighted by atomic mass is 10.1. The van der Waals surface area contributed by atoms with Gasteiger partial charge in [0.05, 0.1) is 17.0 Å². The number of aryl methyl sites for hydroxylation is 2. The molecule has 1 amide bonds. The van der Waals surface area contributed by atoms with Gasteiger partial charge in [0.2, 0.25) is 5.91 Å². The Morgan fingerprint density at radius 3 is 2.57 bits per heavy atom. The molecule has 28 heavy (non-hydrogen) atoms. The Kier molecular flexibility index (Phi) is 5.70. The first-order valence-corrected chi connectivity index (χ1v) is 9.51. The molecule has 0 spiro atoms. The molecule has 7 nitrogen and oxygen atoms in total. The zero-order valence-corrected chi connectivity index (χ0v) is 16.6. The van der Waals surface area contributed by atoms with Crippen molar-refractivity contribution >= 4 is 34.3 Å². The van der Waals surface area contributed by atoms with Gasteiger partial charge in [0.25, 0.3) is 5.69 Å². The number of hydrogen-bond acceptors (Lipinski definition) is 5. The number of benzene rings is 2. The lowest BCUT2D eigenvalue weighted by Gasteiger charge is -2.06. The van der Waals surface area contributed by atoms with Gasteiger partial charge >= 0.3 is 0 Å². The second kappa shape index (κ2) is 8.18. The van der Waals surface area contributed by atoms with Gasteiger partial charge in [-0.15, -0.1) is 11.3 Å². The summed E-state index contributed by atoms with van der Waals surface area (Å²) in [5.74, 6) is -0.194. The van der Waals surface area contributed by atoms with Crippen LogP contribution >= 0.6 is 11.3 Å². The van der Waals surface area contributed by atoms with E-state index in [1.807, 2.05) is 43.0 Å². The van der Waals surface area contributed by atoms with Crippen molar-refractivity contribution in [2.45, 2.75) is 20.3 Å². The van der Waals surface area contributed by atoms with Gasteiger partial charge in [0.15, 0.2) is 4.80 Å². The highest BCUT2D eigenvalue weighted by Gasteiger charge is 2.10.